The van der Waals surface area contributed by atoms with E-state index in [0.29, 0.717) is 14.1 Å². The minimum atomic E-state index is -6.12. The second-order valence-corrected chi connectivity index (χ2v) is 2.91. The molecule has 1 amide bonds. The van der Waals surface area contributed by atoms with Gasteiger partial charge in [0.15, 0.2) is 0 Å². The summed E-state index contributed by atoms with van der Waals surface area (Å²) < 4.78 is 72.0. The van der Waals surface area contributed by atoms with Gasteiger partial charge in [-0.25, -0.2) is 0 Å². The van der Waals surface area contributed by atoms with E-state index in [4.69, 9.17) is 5.11 Å². The molecule has 0 saturated heterocycles. The Labute approximate surface area is 80.3 Å². The molecule has 0 aliphatic carbocycles. The number of likely N-dealkylation sites (N-methyl/N-ethyl adjacent to an activating group) is 1. The molecule has 0 aliphatic heterocycles. The Balaban J connectivity index is 5.54. The van der Waals surface area contributed by atoms with Gasteiger partial charge in [0.05, 0.1) is 0 Å². The van der Waals surface area contributed by atoms with Crippen LogP contribution in [-0.2, 0) is 4.79 Å². The third-order valence-corrected chi connectivity index (χ3v) is 1.54. The van der Waals surface area contributed by atoms with E-state index < -0.39 is 23.9 Å². The maximum Gasteiger partial charge on any atom is 0.435 e. The minimum absolute atomic E-state index is 0.0149. The SMILES string of the molecule is CN(C)C(=O)C(O)(C(F)(F)F)C(F)(F)F. The third-order valence-electron chi connectivity index (χ3n) is 1.54. The average Bonchev–Trinajstić information content (AvgIpc) is 1.96. The molecule has 0 aromatic rings. The van der Waals surface area contributed by atoms with E-state index in [0.717, 1.165) is 0 Å². The zero-order valence-corrected chi connectivity index (χ0v) is 7.57. The van der Waals surface area contributed by atoms with Crippen molar-refractivity contribution in [1.82, 2.24) is 4.90 Å². The summed E-state index contributed by atoms with van der Waals surface area (Å²) in [5, 5.41) is 8.48. The second kappa shape index (κ2) is 3.54. The van der Waals surface area contributed by atoms with E-state index >= 15 is 0 Å². The van der Waals surface area contributed by atoms with E-state index in [1.807, 2.05) is 0 Å². The molecule has 0 atom stereocenters. The molecular weight excluding hydrogens is 232 g/mol. The maximum absolute atomic E-state index is 12.0. The second-order valence-electron chi connectivity index (χ2n) is 2.91. The van der Waals surface area contributed by atoms with Crippen molar-refractivity contribution in [3.63, 3.8) is 0 Å². The molecular formula is C6H7F6NO2. The van der Waals surface area contributed by atoms with Crippen molar-refractivity contribution in [3.8, 4) is 0 Å². The Hall–Kier alpha value is -0.990. The maximum atomic E-state index is 12.0. The van der Waals surface area contributed by atoms with Crippen LogP contribution >= 0.6 is 0 Å². The molecule has 0 saturated carbocycles. The lowest BCUT2D eigenvalue weighted by atomic mass is 10.0. The number of aliphatic hydroxyl groups is 1. The van der Waals surface area contributed by atoms with Gasteiger partial charge >= 0.3 is 18.0 Å². The first-order valence-corrected chi connectivity index (χ1v) is 3.43. The highest BCUT2D eigenvalue weighted by molar-refractivity contribution is 5.86. The Morgan fingerprint density at radius 3 is 1.33 bits per heavy atom. The first-order chi connectivity index (χ1) is 6.35. The van der Waals surface area contributed by atoms with Gasteiger partial charge in [-0.3, -0.25) is 4.79 Å². The molecule has 0 bridgehead atoms. The summed E-state index contributed by atoms with van der Waals surface area (Å²) in [6, 6.07) is 0. The van der Waals surface area contributed by atoms with E-state index in [9.17, 15) is 31.1 Å². The van der Waals surface area contributed by atoms with Crippen molar-refractivity contribution in [2.75, 3.05) is 14.1 Å². The van der Waals surface area contributed by atoms with E-state index in [1.54, 1.807) is 0 Å². The molecule has 1 N–H and O–H groups in total. The fourth-order valence-corrected chi connectivity index (χ4v) is 0.727. The van der Waals surface area contributed by atoms with Crippen LogP contribution in [0.5, 0.6) is 0 Å². The van der Waals surface area contributed by atoms with Crippen LogP contribution in [0.1, 0.15) is 0 Å². The molecule has 0 aliphatic rings. The number of alkyl halides is 6. The molecule has 0 fully saturated rings. The summed E-state index contributed by atoms with van der Waals surface area (Å²) in [6.07, 6.45) is -12.2. The number of hydrogen-bond donors (Lipinski definition) is 1. The lowest BCUT2D eigenvalue weighted by Gasteiger charge is -2.32. The Morgan fingerprint density at radius 2 is 1.27 bits per heavy atom. The Morgan fingerprint density at radius 1 is 1.00 bits per heavy atom. The normalized spacial score (nSPS) is 13.9. The highest BCUT2D eigenvalue weighted by atomic mass is 19.4. The summed E-state index contributed by atoms with van der Waals surface area (Å²) in [4.78, 5) is 10.7. The topological polar surface area (TPSA) is 40.5 Å². The largest absolute Gasteiger partial charge is 0.435 e. The van der Waals surface area contributed by atoms with Gasteiger partial charge in [0, 0.05) is 14.1 Å². The molecule has 0 spiro atoms. The highest BCUT2D eigenvalue weighted by Crippen LogP contribution is 2.43. The van der Waals surface area contributed by atoms with Crippen LogP contribution < -0.4 is 0 Å². The van der Waals surface area contributed by atoms with Crippen molar-refractivity contribution in [2.24, 2.45) is 0 Å². The number of carbonyl (C=O) groups is 1. The molecule has 0 aromatic heterocycles. The van der Waals surface area contributed by atoms with Crippen molar-refractivity contribution in [3.05, 3.63) is 0 Å². The first kappa shape index (κ1) is 14.0. The van der Waals surface area contributed by atoms with Gasteiger partial charge in [0.2, 0.25) is 0 Å². The Bertz CT molecular complexity index is 241. The van der Waals surface area contributed by atoms with Crippen molar-refractivity contribution in [2.45, 2.75) is 18.0 Å². The van der Waals surface area contributed by atoms with E-state index in [2.05, 4.69) is 0 Å². The van der Waals surface area contributed by atoms with Crippen LogP contribution in [0.15, 0.2) is 0 Å². The van der Waals surface area contributed by atoms with Gasteiger partial charge < -0.3 is 10.0 Å². The van der Waals surface area contributed by atoms with Crippen LogP contribution in [0.2, 0.25) is 0 Å². The molecule has 0 rings (SSSR count). The fourth-order valence-electron chi connectivity index (χ4n) is 0.727. The van der Waals surface area contributed by atoms with Crippen molar-refractivity contribution < 1.29 is 36.2 Å². The van der Waals surface area contributed by atoms with E-state index in [1.165, 1.54) is 0 Å². The number of nitrogens with zero attached hydrogens (tertiary/aromatic N) is 1. The minimum Gasteiger partial charge on any atom is -0.366 e. The molecule has 0 radical (unpaired) electrons. The molecule has 0 unspecified atom stereocenters. The summed E-state index contributed by atoms with van der Waals surface area (Å²) in [6.45, 7) is 0. The predicted molar refractivity (Wildman–Crippen MR) is 35.8 cm³/mol. The molecule has 0 heterocycles. The van der Waals surface area contributed by atoms with Crippen molar-refractivity contribution in [1.29, 1.82) is 0 Å². The van der Waals surface area contributed by atoms with Gasteiger partial charge in [0.1, 0.15) is 0 Å². The first-order valence-electron chi connectivity index (χ1n) is 3.43. The number of rotatable bonds is 1. The van der Waals surface area contributed by atoms with Gasteiger partial charge in [-0.2, -0.15) is 26.3 Å². The van der Waals surface area contributed by atoms with Gasteiger partial charge in [-0.05, 0) is 0 Å². The average molecular weight is 239 g/mol. The van der Waals surface area contributed by atoms with E-state index in [-0.39, 0.29) is 4.90 Å². The van der Waals surface area contributed by atoms with Gasteiger partial charge in [-0.15, -0.1) is 0 Å². The lowest BCUT2D eigenvalue weighted by Crippen LogP contribution is -2.65. The fraction of sp³-hybridized carbons (Fsp3) is 0.833. The number of halogens is 6. The summed E-state index contributed by atoms with van der Waals surface area (Å²) in [5.41, 5.74) is -5.36. The molecule has 15 heavy (non-hydrogen) atoms. The predicted octanol–water partition coefficient (Wildman–Crippen LogP) is 0.930. The number of amides is 1. The van der Waals surface area contributed by atoms with Crippen LogP contribution in [0.3, 0.4) is 0 Å². The number of carbonyl (C=O) groups excluding carboxylic acids is 1. The van der Waals surface area contributed by atoms with Crippen LogP contribution in [0, 0.1) is 0 Å². The van der Waals surface area contributed by atoms with Gasteiger partial charge in [-0.1, -0.05) is 0 Å². The lowest BCUT2D eigenvalue weighted by molar-refractivity contribution is -0.352. The van der Waals surface area contributed by atoms with Crippen LogP contribution in [0.4, 0.5) is 26.3 Å². The zero-order valence-electron chi connectivity index (χ0n) is 7.57. The molecule has 3 nitrogen and oxygen atoms in total. The Kier molecular flexibility index (Phi) is 3.31. The smallest absolute Gasteiger partial charge is 0.366 e. The third kappa shape index (κ3) is 2.16. The quantitative estimate of drug-likeness (QED) is 0.691. The number of hydrogen-bond acceptors (Lipinski definition) is 2. The summed E-state index contributed by atoms with van der Waals surface area (Å²) in [7, 11) is 1.34. The standard InChI is InChI=1S/C6H7F6NO2/c1-13(2)3(14)4(15,5(7,8)9)6(10,11)12/h15H,1-2H3. The van der Waals surface area contributed by atoms with Crippen LogP contribution in [-0.4, -0.2) is 48.0 Å². The van der Waals surface area contributed by atoms with Gasteiger partial charge in [0.25, 0.3) is 5.91 Å². The highest BCUT2D eigenvalue weighted by Gasteiger charge is 2.75. The van der Waals surface area contributed by atoms with Crippen molar-refractivity contribution >= 4 is 5.91 Å². The molecule has 9 heteroatoms. The zero-order chi connectivity index (χ0) is 12.7. The monoisotopic (exact) mass is 239 g/mol. The summed E-state index contributed by atoms with van der Waals surface area (Å²) in [5.74, 6) is -2.48. The molecule has 0 aromatic carbocycles. The van der Waals surface area contributed by atoms with Crippen LogP contribution in [0.25, 0.3) is 0 Å². The summed E-state index contributed by atoms with van der Waals surface area (Å²) >= 11 is 0. The molecule has 90 valence electrons.